The second-order valence-corrected chi connectivity index (χ2v) is 5.33. The maximum absolute atomic E-state index is 13.3. The van der Waals surface area contributed by atoms with Gasteiger partial charge in [-0.05, 0) is 24.5 Å². The van der Waals surface area contributed by atoms with E-state index in [1.54, 1.807) is 0 Å². The van der Waals surface area contributed by atoms with E-state index in [1.165, 1.54) is 0 Å². The Kier molecular flexibility index (Phi) is 7.06. The maximum atomic E-state index is 13.3. The Labute approximate surface area is 132 Å². The molecule has 0 spiro atoms. The summed E-state index contributed by atoms with van der Waals surface area (Å²) < 4.78 is 48.9. The Hall–Kier alpha value is -2.05. The van der Waals surface area contributed by atoms with E-state index in [1.807, 2.05) is 20.8 Å². The Morgan fingerprint density at radius 1 is 1.04 bits per heavy atom. The highest BCUT2D eigenvalue weighted by Crippen LogP contribution is 2.22. The average molecular weight is 332 g/mol. The second-order valence-electron chi connectivity index (χ2n) is 5.33. The molecule has 4 nitrogen and oxygen atoms in total. The van der Waals surface area contributed by atoms with Crippen molar-refractivity contribution in [1.82, 2.24) is 0 Å². The van der Waals surface area contributed by atoms with Gasteiger partial charge in [0.25, 0.3) is 0 Å². The van der Waals surface area contributed by atoms with Crippen LogP contribution >= 0.6 is 0 Å². The van der Waals surface area contributed by atoms with Gasteiger partial charge >= 0.3 is 11.9 Å². The third kappa shape index (κ3) is 5.58. The van der Waals surface area contributed by atoms with Crippen LogP contribution in [0.2, 0.25) is 0 Å². The fraction of sp³-hybridized carbons (Fsp3) is 0.500. The number of benzene rings is 1. The van der Waals surface area contributed by atoms with Crippen LogP contribution in [0, 0.1) is 23.4 Å². The number of carbonyl (C=O) groups excluding carboxylic acids is 2. The van der Waals surface area contributed by atoms with Crippen molar-refractivity contribution in [2.75, 3.05) is 0 Å². The summed E-state index contributed by atoms with van der Waals surface area (Å²) in [5.74, 6) is -6.80. The summed E-state index contributed by atoms with van der Waals surface area (Å²) in [6.07, 6.45) is -0.199. The van der Waals surface area contributed by atoms with Crippen LogP contribution in [0.4, 0.5) is 13.2 Å². The summed E-state index contributed by atoms with van der Waals surface area (Å²) >= 11 is 0. The summed E-state index contributed by atoms with van der Waals surface area (Å²) in [4.78, 5) is 23.2. The normalized spacial score (nSPS) is 12.1. The molecule has 7 heteroatoms. The molecular weight excluding hydrogens is 313 g/mol. The van der Waals surface area contributed by atoms with Crippen molar-refractivity contribution < 1.29 is 32.2 Å². The van der Waals surface area contributed by atoms with Gasteiger partial charge in [-0.1, -0.05) is 20.8 Å². The smallest absolute Gasteiger partial charge is 0.311 e. The van der Waals surface area contributed by atoms with Gasteiger partial charge in [0.15, 0.2) is 17.4 Å². The first-order chi connectivity index (χ1) is 10.8. The van der Waals surface area contributed by atoms with Gasteiger partial charge in [0.05, 0.1) is 12.8 Å². The average Bonchev–Trinajstić information content (AvgIpc) is 2.50. The molecule has 1 unspecified atom stereocenters. The van der Waals surface area contributed by atoms with Gasteiger partial charge in [-0.2, -0.15) is 4.39 Å². The zero-order valence-electron chi connectivity index (χ0n) is 13.2. The fourth-order valence-corrected chi connectivity index (χ4v) is 1.88. The van der Waals surface area contributed by atoms with Crippen LogP contribution in [-0.2, 0) is 14.3 Å². The topological polar surface area (TPSA) is 52.6 Å². The van der Waals surface area contributed by atoms with Gasteiger partial charge in [0.2, 0.25) is 5.82 Å². The van der Waals surface area contributed by atoms with Crippen molar-refractivity contribution in [3.05, 3.63) is 29.6 Å². The van der Waals surface area contributed by atoms with E-state index in [4.69, 9.17) is 4.74 Å². The van der Waals surface area contributed by atoms with Gasteiger partial charge in [-0.15, -0.1) is 0 Å². The summed E-state index contributed by atoms with van der Waals surface area (Å²) in [5, 5.41) is 0. The van der Waals surface area contributed by atoms with Crippen molar-refractivity contribution in [3.63, 3.8) is 0 Å². The van der Waals surface area contributed by atoms with Crippen LogP contribution in [0.5, 0.6) is 5.75 Å². The monoisotopic (exact) mass is 332 g/mol. The molecule has 0 radical (unpaired) electrons. The van der Waals surface area contributed by atoms with E-state index in [0.717, 1.165) is 6.07 Å². The molecule has 23 heavy (non-hydrogen) atoms. The highest BCUT2D eigenvalue weighted by atomic mass is 19.2. The molecule has 0 N–H and O–H groups in total. The molecule has 0 aliphatic heterocycles. The zero-order chi connectivity index (χ0) is 17.6. The number of hydrogen-bond acceptors (Lipinski definition) is 4. The van der Waals surface area contributed by atoms with E-state index in [0.29, 0.717) is 12.5 Å². The minimum absolute atomic E-state index is 0.146. The lowest BCUT2D eigenvalue weighted by atomic mass is 10.1. The number of hydrogen-bond donors (Lipinski definition) is 0. The SMILES string of the molecule is CCC(OC(=O)CCC(=O)Oc1ccc(F)c(F)c1F)C(C)C. The number of esters is 2. The second kappa shape index (κ2) is 8.55. The molecule has 0 amide bonds. The van der Waals surface area contributed by atoms with E-state index in [9.17, 15) is 22.8 Å². The van der Waals surface area contributed by atoms with E-state index in [2.05, 4.69) is 4.74 Å². The molecule has 128 valence electrons. The Morgan fingerprint density at radius 3 is 2.22 bits per heavy atom. The van der Waals surface area contributed by atoms with Gasteiger partial charge in [0.1, 0.15) is 6.10 Å². The molecular formula is C16H19F3O4. The summed E-state index contributed by atoms with van der Waals surface area (Å²) in [5.41, 5.74) is 0. The minimum Gasteiger partial charge on any atom is -0.462 e. The summed E-state index contributed by atoms with van der Waals surface area (Å²) in [6, 6.07) is 1.44. The van der Waals surface area contributed by atoms with Gasteiger partial charge in [-0.3, -0.25) is 9.59 Å². The molecule has 1 rings (SSSR count). The number of rotatable bonds is 7. The van der Waals surface area contributed by atoms with Crippen molar-refractivity contribution in [2.24, 2.45) is 5.92 Å². The van der Waals surface area contributed by atoms with E-state index >= 15 is 0 Å². The molecule has 0 saturated carbocycles. The predicted octanol–water partition coefficient (Wildman–Crippen LogP) is 3.77. The van der Waals surface area contributed by atoms with Crippen LogP contribution in [0.15, 0.2) is 12.1 Å². The number of ether oxygens (including phenoxy) is 2. The van der Waals surface area contributed by atoms with Gasteiger partial charge in [0, 0.05) is 0 Å². The lowest BCUT2D eigenvalue weighted by Gasteiger charge is -2.19. The number of halogens is 3. The van der Waals surface area contributed by atoms with Crippen molar-refractivity contribution in [3.8, 4) is 5.75 Å². The molecule has 0 bridgehead atoms. The minimum atomic E-state index is -1.72. The first-order valence-corrected chi connectivity index (χ1v) is 7.29. The quantitative estimate of drug-likeness (QED) is 0.433. The molecule has 0 heterocycles. The molecule has 0 aromatic heterocycles. The van der Waals surface area contributed by atoms with Crippen molar-refractivity contribution >= 4 is 11.9 Å². The standard InChI is InChI=1S/C16H19F3O4/c1-4-11(9(2)3)22-13(20)7-8-14(21)23-12-6-5-10(17)15(18)16(12)19/h5-6,9,11H,4,7-8H2,1-3H3. The first kappa shape index (κ1) is 19.0. The molecule has 1 aromatic carbocycles. The van der Waals surface area contributed by atoms with Crippen molar-refractivity contribution in [2.45, 2.75) is 46.1 Å². The molecule has 1 aromatic rings. The molecule has 0 aliphatic rings. The lowest BCUT2D eigenvalue weighted by Crippen LogP contribution is -2.23. The molecule has 0 saturated heterocycles. The lowest BCUT2D eigenvalue weighted by molar-refractivity contribution is -0.153. The Morgan fingerprint density at radius 2 is 1.65 bits per heavy atom. The number of carbonyl (C=O) groups is 2. The summed E-state index contributed by atoms with van der Waals surface area (Å²) in [6.45, 7) is 5.68. The van der Waals surface area contributed by atoms with E-state index in [-0.39, 0.29) is 24.9 Å². The molecule has 1 atom stereocenters. The van der Waals surface area contributed by atoms with Crippen LogP contribution < -0.4 is 4.74 Å². The first-order valence-electron chi connectivity index (χ1n) is 7.29. The Bertz CT molecular complexity index is 573. The van der Waals surface area contributed by atoms with Crippen molar-refractivity contribution in [1.29, 1.82) is 0 Å². The van der Waals surface area contributed by atoms with Crippen LogP contribution in [0.1, 0.15) is 40.0 Å². The third-order valence-corrected chi connectivity index (χ3v) is 3.19. The largest absolute Gasteiger partial charge is 0.462 e. The van der Waals surface area contributed by atoms with Gasteiger partial charge < -0.3 is 9.47 Å². The Balaban J connectivity index is 2.52. The van der Waals surface area contributed by atoms with Gasteiger partial charge in [-0.25, -0.2) is 8.78 Å². The predicted molar refractivity (Wildman–Crippen MR) is 76.2 cm³/mol. The zero-order valence-corrected chi connectivity index (χ0v) is 13.2. The molecule has 0 aliphatic carbocycles. The highest BCUT2D eigenvalue weighted by Gasteiger charge is 2.20. The van der Waals surface area contributed by atoms with Crippen LogP contribution in [0.25, 0.3) is 0 Å². The summed E-state index contributed by atoms with van der Waals surface area (Å²) in [7, 11) is 0. The maximum Gasteiger partial charge on any atom is 0.311 e. The van der Waals surface area contributed by atoms with Crippen LogP contribution in [0.3, 0.4) is 0 Å². The van der Waals surface area contributed by atoms with Crippen LogP contribution in [-0.4, -0.2) is 18.0 Å². The highest BCUT2D eigenvalue weighted by molar-refractivity contribution is 5.79. The van der Waals surface area contributed by atoms with E-state index < -0.39 is 35.1 Å². The molecule has 0 fully saturated rings. The fourth-order valence-electron chi connectivity index (χ4n) is 1.88. The third-order valence-electron chi connectivity index (χ3n) is 3.19.